The Bertz CT molecular complexity index is 1120. The number of esters is 1. The minimum absolute atomic E-state index is 0.0974. The van der Waals surface area contributed by atoms with Crippen LogP contribution in [0.1, 0.15) is 53.7 Å². The third kappa shape index (κ3) is 4.58. The van der Waals surface area contributed by atoms with Gasteiger partial charge in [0.25, 0.3) is 0 Å². The number of rotatable bonds is 7. The predicted molar refractivity (Wildman–Crippen MR) is 123 cm³/mol. The largest absolute Gasteiger partial charge is 0.457 e. The first-order chi connectivity index (χ1) is 15.3. The molecule has 0 aromatic heterocycles. The molecule has 1 amide bonds. The van der Waals surface area contributed by atoms with E-state index in [9.17, 15) is 14.7 Å². The molecule has 3 aromatic carbocycles. The molecule has 0 spiro atoms. The van der Waals surface area contributed by atoms with Gasteiger partial charge < -0.3 is 15.2 Å². The Hall–Kier alpha value is -3.44. The van der Waals surface area contributed by atoms with Crippen LogP contribution in [0.4, 0.5) is 5.69 Å². The van der Waals surface area contributed by atoms with Gasteiger partial charge in [0.15, 0.2) is 0 Å². The fourth-order valence-electron chi connectivity index (χ4n) is 4.42. The summed E-state index contributed by atoms with van der Waals surface area (Å²) in [4.78, 5) is 24.7. The molecule has 0 fully saturated rings. The predicted octanol–water partition coefficient (Wildman–Crippen LogP) is 4.94. The standard InChI is InChI=1S/C27H27NO4/c1-26(2,20-9-5-3-6-10-20)18-27(31,21-11-7-4-8-12-21)16-24(29)28-22-13-14-23-19(15-22)17-32-25(23)30/h3-15,31H,16-18H2,1-2H3,(H,28,29). The molecule has 4 rings (SSSR count). The summed E-state index contributed by atoms with van der Waals surface area (Å²) in [5, 5.41) is 14.7. The van der Waals surface area contributed by atoms with Crippen LogP contribution in [-0.4, -0.2) is 17.0 Å². The van der Waals surface area contributed by atoms with Gasteiger partial charge in [0.1, 0.15) is 6.61 Å². The number of carbonyl (C=O) groups excluding carboxylic acids is 2. The number of ether oxygens (including phenoxy) is 1. The molecule has 1 aliphatic rings. The van der Waals surface area contributed by atoms with Gasteiger partial charge in [-0.25, -0.2) is 4.79 Å². The molecule has 0 saturated carbocycles. The van der Waals surface area contributed by atoms with Crippen molar-refractivity contribution in [3.63, 3.8) is 0 Å². The number of nitrogens with one attached hydrogen (secondary N) is 1. The van der Waals surface area contributed by atoms with Gasteiger partial charge in [-0.1, -0.05) is 74.5 Å². The number of hydrogen-bond acceptors (Lipinski definition) is 4. The van der Waals surface area contributed by atoms with E-state index in [4.69, 9.17) is 4.74 Å². The van der Waals surface area contributed by atoms with E-state index < -0.39 is 5.60 Å². The molecule has 0 bridgehead atoms. The average molecular weight is 430 g/mol. The normalized spacial score (nSPS) is 14.9. The molecule has 5 heteroatoms. The highest BCUT2D eigenvalue weighted by Gasteiger charge is 2.39. The van der Waals surface area contributed by atoms with Gasteiger partial charge >= 0.3 is 5.97 Å². The van der Waals surface area contributed by atoms with Crippen LogP contribution < -0.4 is 5.32 Å². The highest BCUT2D eigenvalue weighted by atomic mass is 16.5. The van der Waals surface area contributed by atoms with Gasteiger partial charge in [-0.05, 0) is 41.2 Å². The summed E-state index contributed by atoms with van der Waals surface area (Å²) in [6.45, 7) is 4.36. The number of aliphatic hydroxyl groups is 1. The Morgan fingerprint density at radius 2 is 1.59 bits per heavy atom. The zero-order chi connectivity index (χ0) is 22.8. The second-order valence-electron chi connectivity index (χ2n) is 9.00. The summed E-state index contributed by atoms with van der Waals surface area (Å²) in [5.74, 6) is -0.648. The van der Waals surface area contributed by atoms with E-state index in [2.05, 4.69) is 19.2 Å². The Morgan fingerprint density at radius 1 is 0.969 bits per heavy atom. The molecule has 0 aliphatic carbocycles. The second-order valence-corrected chi connectivity index (χ2v) is 9.00. The fourth-order valence-corrected chi connectivity index (χ4v) is 4.42. The van der Waals surface area contributed by atoms with Crippen molar-refractivity contribution in [2.75, 3.05) is 5.32 Å². The molecule has 1 unspecified atom stereocenters. The molecular weight excluding hydrogens is 402 g/mol. The highest BCUT2D eigenvalue weighted by molar-refractivity contribution is 5.96. The summed E-state index contributed by atoms with van der Waals surface area (Å²) in [6.07, 6.45) is 0.272. The smallest absolute Gasteiger partial charge is 0.338 e. The summed E-state index contributed by atoms with van der Waals surface area (Å²) in [6, 6.07) is 24.4. The van der Waals surface area contributed by atoms with E-state index in [1.807, 2.05) is 60.7 Å². The van der Waals surface area contributed by atoms with Crippen molar-refractivity contribution >= 4 is 17.6 Å². The molecule has 1 heterocycles. The first-order valence-electron chi connectivity index (χ1n) is 10.7. The van der Waals surface area contributed by atoms with Gasteiger partial charge in [0.05, 0.1) is 17.6 Å². The minimum atomic E-state index is -1.36. The number of carbonyl (C=O) groups is 2. The SMILES string of the molecule is CC(C)(CC(O)(CC(=O)Nc1ccc2c(c1)COC2=O)c1ccccc1)c1ccccc1. The van der Waals surface area contributed by atoms with Gasteiger partial charge in [0.2, 0.25) is 5.91 Å². The zero-order valence-corrected chi connectivity index (χ0v) is 18.3. The zero-order valence-electron chi connectivity index (χ0n) is 18.3. The van der Waals surface area contributed by atoms with Crippen LogP contribution in [0.15, 0.2) is 78.9 Å². The molecular formula is C27H27NO4. The van der Waals surface area contributed by atoms with Crippen LogP contribution in [0.5, 0.6) is 0 Å². The Labute approximate surface area is 188 Å². The highest BCUT2D eigenvalue weighted by Crippen LogP contribution is 2.40. The second kappa shape index (κ2) is 8.60. The van der Waals surface area contributed by atoms with Crippen molar-refractivity contribution in [1.82, 2.24) is 0 Å². The van der Waals surface area contributed by atoms with E-state index in [0.717, 1.165) is 11.1 Å². The van der Waals surface area contributed by atoms with E-state index in [1.54, 1.807) is 18.2 Å². The van der Waals surface area contributed by atoms with E-state index in [1.165, 1.54) is 0 Å². The lowest BCUT2D eigenvalue weighted by atomic mass is 9.72. The van der Waals surface area contributed by atoms with Gasteiger partial charge in [-0.2, -0.15) is 0 Å². The molecule has 0 radical (unpaired) electrons. The van der Waals surface area contributed by atoms with Crippen molar-refractivity contribution in [2.24, 2.45) is 0 Å². The number of amides is 1. The number of cyclic esters (lactones) is 1. The summed E-state index contributed by atoms with van der Waals surface area (Å²) < 4.78 is 5.03. The lowest BCUT2D eigenvalue weighted by molar-refractivity contribution is -0.122. The maximum absolute atomic E-state index is 13.0. The first-order valence-corrected chi connectivity index (χ1v) is 10.7. The first kappa shape index (κ1) is 21.8. The minimum Gasteiger partial charge on any atom is -0.457 e. The molecule has 2 N–H and O–H groups in total. The van der Waals surface area contributed by atoms with E-state index in [-0.39, 0.29) is 30.3 Å². The van der Waals surface area contributed by atoms with Crippen LogP contribution in [0.2, 0.25) is 0 Å². The number of anilines is 1. The molecule has 32 heavy (non-hydrogen) atoms. The Morgan fingerprint density at radius 3 is 2.25 bits per heavy atom. The van der Waals surface area contributed by atoms with E-state index in [0.29, 0.717) is 23.2 Å². The van der Waals surface area contributed by atoms with E-state index >= 15 is 0 Å². The van der Waals surface area contributed by atoms with Crippen LogP contribution >= 0.6 is 0 Å². The molecule has 1 atom stereocenters. The summed E-state index contributed by atoms with van der Waals surface area (Å²) in [5.41, 5.74) is 1.91. The third-order valence-electron chi connectivity index (χ3n) is 6.02. The van der Waals surface area contributed by atoms with Gasteiger partial charge in [-0.15, -0.1) is 0 Å². The Balaban J connectivity index is 1.57. The Kier molecular flexibility index (Phi) is 5.85. The molecule has 164 valence electrons. The van der Waals surface area contributed by atoms with Crippen LogP contribution in [0.3, 0.4) is 0 Å². The summed E-state index contributed by atoms with van der Waals surface area (Å²) in [7, 11) is 0. The van der Waals surface area contributed by atoms with Crippen molar-refractivity contribution in [3.05, 3.63) is 101 Å². The lowest BCUT2D eigenvalue weighted by Crippen LogP contribution is -2.38. The van der Waals surface area contributed by atoms with Crippen LogP contribution in [-0.2, 0) is 27.2 Å². The maximum atomic E-state index is 13.0. The fraction of sp³-hybridized carbons (Fsp3) is 0.259. The van der Waals surface area contributed by atoms with Crippen LogP contribution in [0, 0.1) is 0 Å². The summed E-state index contributed by atoms with van der Waals surface area (Å²) >= 11 is 0. The number of hydrogen-bond donors (Lipinski definition) is 2. The van der Waals surface area contributed by atoms with Crippen molar-refractivity contribution < 1.29 is 19.4 Å². The number of fused-ring (bicyclic) bond motifs is 1. The van der Waals surface area contributed by atoms with Crippen molar-refractivity contribution in [2.45, 2.75) is 44.3 Å². The van der Waals surface area contributed by atoms with Crippen molar-refractivity contribution in [3.8, 4) is 0 Å². The molecule has 0 saturated heterocycles. The topological polar surface area (TPSA) is 75.6 Å². The van der Waals surface area contributed by atoms with Crippen molar-refractivity contribution in [1.29, 1.82) is 0 Å². The number of benzene rings is 3. The average Bonchev–Trinajstić information content (AvgIpc) is 3.14. The third-order valence-corrected chi connectivity index (χ3v) is 6.02. The maximum Gasteiger partial charge on any atom is 0.338 e. The monoisotopic (exact) mass is 429 g/mol. The molecule has 1 aliphatic heterocycles. The lowest BCUT2D eigenvalue weighted by Gasteiger charge is -2.37. The quantitative estimate of drug-likeness (QED) is 0.522. The van der Waals surface area contributed by atoms with Gasteiger partial charge in [0, 0.05) is 11.3 Å². The van der Waals surface area contributed by atoms with Crippen LogP contribution in [0.25, 0.3) is 0 Å². The van der Waals surface area contributed by atoms with Gasteiger partial charge in [-0.3, -0.25) is 4.79 Å². The molecule has 5 nitrogen and oxygen atoms in total. The molecule has 3 aromatic rings.